The first-order valence-corrected chi connectivity index (χ1v) is 12.5. The van der Waals surface area contributed by atoms with E-state index in [0.29, 0.717) is 17.7 Å². The SMILES string of the molecule is CC/C=C/N(CC1CN(C(=O)C2CC2)C1)C(=N)c1ccc(-c2ccc(-c3cccnc3)cc2)cc1. The third-order valence-corrected chi connectivity index (χ3v) is 6.83. The minimum absolute atomic E-state index is 0.287. The van der Waals surface area contributed by atoms with Gasteiger partial charge in [-0.25, -0.2) is 0 Å². The maximum Gasteiger partial charge on any atom is 0.225 e. The van der Waals surface area contributed by atoms with Gasteiger partial charge in [-0.2, -0.15) is 0 Å². The quantitative estimate of drug-likeness (QED) is 0.337. The lowest BCUT2D eigenvalue weighted by Crippen LogP contribution is -2.54. The van der Waals surface area contributed by atoms with Crippen molar-refractivity contribution in [3.8, 4) is 22.3 Å². The minimum Gasteiger partial charge on any atom is -0.342 e. The number of amidine groups is 1. The standard InChI is InChI=1S/C30H32N4O/c1-2-3-17-33(19-22-20-34(21-22)30(35)27-14-15-27)29(31)26-12-10-24(11-13-26)23-6-8-25(9-7-23)28-5-4-16-32-18-28/h3-13,16-18,22,27,31H,2,14-15,19-21H2,1H3/b17-3+,31-29?. The Hall–Kier alpha value is -3.73. The second-order valence-corrected chi connectivity index (χ2v) is 9.57. The Morgan fingerprint density at radius 2 is 1.63 bits per heavy atom. The lowest BCUT2D eigenvalue weighted by molar-refractivity contribution is -0.139. The molecule has 178 valence electrons. The molecule has 2 aliphatic rings. The molecule has 1 N–H and O–H groups in total. The number of nitrogens with zero attached hydrogens (tertiary/aromatic N) is 3. The van der Waals surface area contributed by atoms with Crippen molar-refractivity contribution >= 4 is 11.7 Å². The van der Waals surface area contributed by atoms with Crippen molar-refractivity contribution in [2.45, 2.75) is 26.2 Å². The first-order valence-electron chi connectivity index (χ1n) is 12.5. The molecule has 1 aliphatic carbocycles. The molecule has 1 aromatic heterocycles. The van der Waals surface area contributed by atoms with E-state index in [1.54, 1.807) is 6.20 Å². The van der Waals surface area contributed by atoms with Gasteiger partial charge in [-0.3, -0.25) is 15.2 Å². The molecule has 1 amide bonds. The molecule has 0 radical (unpaired) electrons. The number of hydrogen-bond donors (Lipinski definition) is 1. The fourth-order valence-electron chi connectivity index (χ4n) is 4.57. The van der Waals surface area contributed by atoms with Crippen LogP contribution in [0.2, 0.25) is 0 Å². The Morgan fingerprint density at radius 3 is 2.20 bits per heavy atom. The maximum atomic E-state index is 12.2. The summed E-state index contributed by atoms with van der Waals surface area (Å²) in [6.45, 7) is 4.49. The molecule has 3 aromatic rings. The predicted molar refractivity (Wildman–Crippen MR) is 141 cm³/mol. The van der Waals surface area contributed by atoms with E-state index in [1.807, 2.05) is 40.4 Å². The van der Waals surface area contributed by atoms with Gasteiger partial charge in [-0.15, -0.1) is 0 Å². The van der Waals surface area contributed by atoms with Crippen LogP contribution in [0.5, 0.6) is 0 Å². The Labute approximate surface area is 207 Å². The summed E-state index contributed by atoms with van der Waals surface area (Å²) in [6.07, 6.45) is 10.8. The number of aromatic nitrogens is 1. The van der Waals surface area contributed by atoms with Crippen LogP contribution in [-0.2, 0) is 4.79 Å². The molecule has 0 spiro atoms. The van der Waals surface area contributed by atoms with Crippen molar-refractivity contribution in [1.82, 2.24) is 14.8 Å². The van der Waals surface area contributed by atoms with Gasteiger partial charge in [-0.05, 0) is 47.6 Å². The zero-order valence-corrected chi connectivity index (χ0v) is 20.2. The van der Waals surface area contributed by atoms with E-state index in [-0.39, 0.29) is 5.92 Å². The van der Waals surface area contributed by atoms with Crippen LogP contribution in [0.15, 0.2) is 85.3 Å². The number of benzene rings is 2. The topological polar surface area (TPSA) is 60.3 Å². The lowest BCUT2D eigenvalue weighted by atomic mass is 9.97. The van der Waals surface area contributed by atoms with Crippen molar-refractivity contribution < 1.29 is 4.79 Å². The summed E-state index contributed by atoms with van der Waals surface area (Å²) in [4.78, 5) is 20.5. The number of allylic oxidation sites excluding steroid dienone is 1. The van der Waals surface area contributed by atoms with Crippen molar-refractivity contribution in [2.75, 3.05) is 19.6 Å². The van der Waals surface area contributed by atoms with Gasteiger partial charge in [0.2, 0.25) is 5.91 Å². The molecule has 0 unspecified atom stereocenters. The average Bonchev–Trinajstić information content (AvgIpc) is 3.73. The average molecular weight is 465 g/mol. The number of carbonyl (C=O) groups excluding carboxylic acids is 1. The van der Waals surface area contributed by atoms with Gasteiger partial charge in [0.15, 0.2) is 0 Å². The lowest BCUT2D eigenvalue weighted by Gasteiger charge is -2.41. The van der Waals surface area contributed by atoms with Gasteiger partial charge in [0.25, 0.3) is 0 Å². The molecule has 2 fully saturated rings. The number of carbonyl (C=O) groups is 1. The second kappa shape index (κ2) is 10.3. The highest BCUT2D eigenvalue weighted by atomic mass is 16.2. The monoisotopic (exact) mass is 464 g/mol. The van der Waals surface area contributed by atoms with E-state index < -0.39 is 0 Å². The normalized spacial score (nSPS) is 15.7. The molecule has 2 aromatic carbocycles. The summed E-state index contributed by atoms with van der Waals surface area (Å²) in [7, 11) is 0. The highest BCUT2D eigenvalue weighted by Crippen LogP contribution is 2.33. The highest BCUT2D eigenvalue weighted by molar-refractivity contribution is 5.97. The molecular weight excluding hydrogens is 432 g/mol. The van der Waals surface area contributed by atoms with Crippen LogP contribution in [0.25, 0.3) is 22.3 Å². The van der Waals surface area contributed by atoms with Gasteiger partial charge >= 0.3 is 0 Å². The van der Waals surface area contributed by atoms with E-state index in [1.165, 1.54) is 0 Å². The van der Waals surface area contributed by atoms with Crippen LogP contribution < -0.4 is 0 Å². The molecule has 1 saturated carbocycles. The van der Waals surface area contributed by atoms with Crippen LogP contribution >= 0.6 is 0 Å². The fourth-order valence-corrected chi connectivity index (χ4v) is 4.57. The highest BCUT2D eigenvalue weighted by Gasteiger charge is 2.39. The molecule has 0 bridgehead atoms. The Bertz CT molecular complexity index is 1190. The van der Waals surface area contributed by atoms with E-state index in [9.17, 15) is 4.79 Å². The van der Waals surface area contributed by atoms with Crippen LogP contribution in [0.1, 0.15) is 31.7 Å². The third-order valence-electron chi connectivity index (χ3n) is 6.83. The third kappa shape index (κ3) is 5.35. The van der Waals surface area contributed by atoms with Crippen LogP contribution in [0.3, 0.4) is 0 Å². The zero-order valence-electron chi connectivity index (χ0n) is 20.2. The van der Waals surface area contributed by atoms with E-state index >= 15 is 0 Å². The van der Waals surface area contributed by atoms with Gasteiger partial charge in [-0.1, -0.05) is 67.6 Å². The fraction of sp³-hybridized carbons (Fsp3) is 0.300. The first kappa shape index (κ1) is 23.0. The van der Waals surface area contributed by atoms with Crippen molar-refractivity contribution in [2.24, 2.45) is 11.8 Å². The van der Waals surface area contributed by atoms with Crippen LogP contribution in [0, 0.1) is 17.2 Å². The smallest absolute Gasteiger partial charge is 0.225 e. The molecule has 5 rings (SSSR count). The number of hydrogen-bond acceptors (Lipinski definition) is 3. The largest absolute Gasteiger partial charge is 0.342 e. The summed E-state index contributed by atoms with van der Waals surface area (Å²) in [5, 5.41) is 8.86. The molecule has 1 aliphatic heterocycles. The molecular formula is C30H32N4O. The summed E-state index contributed by atoms with van der Waals surface area (Å²) in [5.74, 6) is 1.53. The van der Waals surface area contributed by atoms with E-state index in [2.05, 4.69) is 60.4 Å². The van der Waals surface area contributed by atoms with E-state index in [0.717, 1.165) is 66.7 Å². The van der Waals surface area contributed by atoms with Crippen LogP contribution in [-0.4, -0.2) is 46.2 Å². The van der Waals surface area contributed by atoms with Crippen molar-refractivity contribution in [1.29, 1.82) is 5.41 Å². The Kier molecular flexibility index (Phi) is 6.75. The molecule has 5 heteroatoms. The Balaban J connectivity index is 1.24. The minimum atomic E-state index is 0.287. The Morgan fingerprint density at radius 1 is 1.00 bits per heavy atom. The van der Waals surface area contributed by atoms with Gasteiger partial charge in [0.05, 0.1) is 0 Å². The molecule has 5 nitrogen and oxygen atoms in total. The van der Waals surface area contributed by atoms with Crippen LogP contribution in [0.4, 0.5) is 0 Å². The number of rotatable bonds is 8. The second-order valence-electron chi connectivity index (χ2n) is 9.57. The molecule has 0 atom stereocenters. The molecule has 35 heavy (non-hydrogen) atoms. The summed E-state index contributed by atoms with van der Waals surface area (Å²) >= 11 is 0. The maximum absolute atomic E-state index is 12.2. The van der Waals surface area contributed by atoms with Gasteiger partial charge in [0.1, 0.15) is 5.84 Å². The summed E-state index contributed by atoms with van der Waals surface area (Å²) in [5.41, 5.74) is 5.42. The van der Waals surface area contributed by atoms with Crippen molar-refractivity contribution in [3.63, 3.8) is 0 Å². The number of nitrogens with one attached hydrogen (secondary N) is 1. The summed E-state index contributed by atoms with van der Waals surface area (Å²) < 4.78 is 0. The summed E-state index contributed by atoms with van der Waals surface area (Å²) in [6, 6.07) is 20.7. The first-order chi connectivity index (χ1) is 17.1. The predicted octanol–water partition coefficient (Wildman–Crippen LogP) is 5.84. The van der Waals surface area contributed by atoms with Gasteiger partial charge < -0.3 is 9.80 Å². The van der Waals surface area contributed by atoms with E-state index in [4.69, 9.17) is 5.41 Å². The molecule has 1 saturated heterocycles. The number of likely N-dealkylation sites (tertiary alicyclic amines) is 1. The zero-order chi connectivity index (χ0) is 24.2. The number of pyridine rings is 1. The number of amides is 1. The van der Waals surface area contributed by atoms with Gasteiger partial charge in [0, 0.05) is 55.6 Å². The van der Waals surface area contributed by atoms with Crippen molar-refractivity contribution in [3.05, 3.63) is 90.9 Å². The molecule has 2 heterocycles.